The van der Waals surface area contributed by atoms with Crippen molar-refractivity contribution in [3.63, 3.8) is 0 Å². The van der Waals surface area contributed by atoms with E-state index in [1.54, 1.807) is 11.3 Å². The number of hydrogen-bond donors (Lipinski definition) is 0. The van der Waals surface area contributed by atoms with Crippen molar-refractivity contribution in [1.29, 1.82) is 0 Å². The molecule has 2 aromatic rings. The molecule has 2 aromatic heterocycles. The van der Waals surface area contributed by atoms with Crippen molar-refractivity contribution in [2.45, 2.75) is 44.6 Å². The lowest BCUT2D eigenvalue weighted by atomic mass is 9.96. The molecule has 0 aromatic carbocycles. The summed E-state index contributed by atoms with van der Waals surface area (Å²) in [7, 11) is 4.21. The maximum atomic E-state index is 12.6. The van der Waals surface area contributed by atoms with Gasteiger partial charge in [-0.25, -0.2) is 4.98 Å². The van der Waals surface area contributed by atoms with E-state index >= 15 is 0 Å². The van der Waals surface area contributed by atoms with Crippen molar-refractivity contribution in [1.82, 2.24) is 19.4 Å². The van der Waals surface area contributed by atoms with Crippen LogP contribution in [0, 0.1) is 0 Å². The molecule has 1 unspecified atom stereocenters. The summed E-state index contributed by atoms with van der Waals surface area (Å²) in [6.07, 6.45) is 8.78. The van der Waals surface area contributed by atoms with Gasteiger partial charge in [-0.1, -0.05) is 6.07 Å². The predicted molar refractivity (Wildman–Crippen MR) is 107 cm³/mol. The van der Waals surface area contributed by atoms with Crippen LogP contribution in [-0.2, 0) is 17.8 Å². The van der Waals surface area contributed by atoms with Gasteiger partial charge in [0.05, 0.1) is 0 Å². The summed E-state index contributed by atoms with van der Waals surface area (Å²) in [4.78, 5) is 22.8. The van der Waals surface area contributed by atoms with E-state index in [0.29, 0.717) is 12.3 Å². The van der Waals surface area contributed by atoms with Crippen molar-refractivity contribution < 1.29 is 4.79 Å². The molecule has 1 aliphatic heterocycles. The Morgan fingerprint density at radius 3 is 3.08 bits per heavy atom. The lowest BCUT2D eigenvalue weighted by molar-refractivity contribution is -0.132. The number of nitrogens with zero attached hydrogens (tertiary/aromatic N) is 4. The van der Waals surface area contributed by atoms with E-state index < -0.39 is 0 Å². The molecule has 1 aliphatic rings. The summed E-state index contributed by atoms with van der Waals surface area (Å²) in [6, 6.07) is 4.17. The molecule has 3 rings (SSSR count). The van der Waals surface area contributed by atoms with E-state index in [4.69, 9.17) is 0 Å². The van der Waals surface area contributed by atoms with Crippen LogP contribution < -0.4 is 0 Å². The number of aryl methyl sites for hydroxylation is 2. The Morgan fingerprint density at radius 2 is 2.31 bits per heavy atom. The molecule has 0 radical (unpaired) electrons. The summed E-state index contributed by atoms with van der Waals surface area (Å²) in [6.45, 7) is 3.78. The third-order valence-electron chi connectivity index (χ3n) is 5.06. The average Bonchev–Trinajstić information content (AvgIpc) is 3.31. The maximum absolute atomic E-state index is 12.6. The Balaban J connectivity index is 1.54. The molecule has 1 amide bonds. The Hall–Kier alpha value is -1.66. The number of rotatable bonds is 8. The first-order valence-corrected chi connectivity index (χ1v) is 10.5. The molecule has 26 heavy (non-hydrogen) atoms. The number of piperidine rings is 1. The van der Waals surface area contributed by atoms with Gasteiger partial charge >= 0.3 is 0 Å². The third-order valence-corrected chi connectivity index (χ3v) is 5.99. The van der Waals surface area contributed by atoms with Crippen LogP contribution in [0.5, 0.6) is 0 Å². The highest BCUT2D eigenvalue weighted by Gasteiger charge is 2.27. The molecule has 5 nitrogen and oxygen atoms in total. The fourth-order valence-corrected chi connectivity index (χ4v) is 4.39. The number of carbonyl (C=O) groups is 1. The normalized spacial score (nSPS) is 17.8. The highest BCUT2D eigenvalue weighted by Crippen LogP contribution is 2.26. The molecule has 6 heteroatoms. The van der Waals surface area contributed by atoms with Gasteiger partial charge in [0, 0.05) is 49.2 Å². The second kappa shape index (κ2) is 9.33. The molecule has 0 bridgehead atoms. The SMILES string of the molecule is CN(C)CCCn1ccnc1C1CCCN(C(=O)CCc2cccs2)C1. The minimum Gasteiger partial charge on any atom is -0.342 e. The Labute approximate surface area is 160 Å². The standard InChI is InChI=1S/C20H30N4OS/c1-22(2)11-5-13-23-14-10-21-20(23)17-6-3-12-24(16-17)19(25)9-8-18-7-4-15-26-18/h4,7,10,14-15,17H,3,5-6,8-9,11-13,16H2,1-2H3. The Bertz CT molecular complexity index is 680. The van der Waals surface area contributed by atoms with E-state index in [1.165, 1.54) is 4.88 Å². The molecular formula is C20H30N4OS. The fraction of sp³-hybridized carbons (Fsp3) is 0.600. The van der Waals surface area contributed by atoms with Gasteiger partial charge in [0.25, 0.3) is 0 Å². The van der Waals surface area contributed by atoms with Crippen LogP contribution in [0.15, 0.2) is 29.9 Å². The molecular weight excluding hydrogens is 344 g/mol. The minimum absolute atomic E-state index is 0.286. The zero-order chi connectivity index (χ0) is 18.4. The molecule has 1 fully saturated rings. The minimum atomic E-state index is 0.286. The monoisotopic (exact) mass is 374 g/mol. The first kappa shape index (κ1) is 19.1. The molecule has 0 spiro atoms. The van der Waals surface area contributed by atoms with Gasteiger partial charge in [-0.15, -0.1) is 11.3 Å². The van der Waals surface area contributed by atoms with Gasteiger partial charge in [-0.3, -0.25) is 4.79 Å². The largest absolute Gasteiger partial charge is 0.342 e. The van der Waals surface area contributed by atoms with Gasteiger partial charge < -0.3 is 14.4 Å². The quantitative estimate of drug-likeness (QED) is 0.712. The smallest absolute Gasteiger partial charge is 0.222 e. The number of amides is 1. The molecule has 3 heterocycles. The summed E-state index contributed by atoms with van der Waals surface area (Å²) in [5.41, 5.74) is 0. The topological polar surface area (TPSA) is 41.4 Å². The zero-order valence-corrected chi connectivity index (χ0v) is 16.7. The number of hydrogen-bond acceptors (Lipinski definition) is 4. The Kier molecular flexibility index (Phi) is 6.86. The molecule has 1 atom stereocenters. The number of thiophene rings is 1. The number of carbonyl (C=O) groups excluding carboxylic acids is 1. The van der Waals surface area contributed by atoms with Gasteiger partial charge in [-0.05, 0) is 57.8 Å². The van der Waals surface area contributed by atoms with E-state index in [0.717, 1.165) is 57.7 Å². The highest BCUT2D eigenvalue weighted by molar-refractivity contribution is 7.09. The maximum Gasteiger partial charge on any atom is 0.222 e. The third kappa shape index (κ3) is 5.17. The van der Waals surface area contributed by atoms with Crippen LogP contribution in [0.4, 0.5) is 0 Å². The molecule has 0 N–H and O–H groups in total. The summed E-state index contributed by atoms with van der Waals surface area (Å²) >= 11 is 1.73. The van der Waals surface area contributed by atoms with Crippen molar-refractivity contribution in [2.75, 3.05) is 33.7 Å². The summed E-state index contributed by atoms with van der Waals surface area (Å²) in [5.74, 6) is 1.80. The zero-order valence-electron chi connectivity index (χ0n) is 15.9. The fourth-order valence-electron chi connectivity index (χ4n) is 3.68. The van der Waals surface area contributed by atoms with Gasteiger partial charge in [0.2, 0.25) is 5.91 Å². The predicted octanol–water partition coefficient (Wildman–Crippen LogP) is 3.24. The Morgan fingerprint density at radius 1 is 1.42 bits per heavy atom. The molecule has 142 valence electrons. The van der Waals surface area contributed by atoms with Crippen molar-refractivity contribution in [2.24, 2.45) is 0 Å². The van der Waals surface area contributed by atoms with Crippen molar-refractivity contribution in [3.8, 4) is 0 Å². The second-order valence-electron chi connectivity index (χ2n) is 7.39. The van der Waals surface area contributed by atoms with E-state index in [1.807, 2.05) is 6.20 Å². The second-order valence-corrected chi connectivity index (χ2v) is 8.43. The van der Waals surface area contributed by atoms with Crippen LogP contribution in [0.3, 0.4) is 0 Å². The molecule has 0 saturated carbocycles. The van der Waals surface area contributed by atoms with E-state index in [-0.39, 0.29) is 5.91 Å². The van der Waals surface area contributed by atoms with Gasteiger partial charge in [0.1, 0.15) is 5.82 Å². The van der Waals surface area contributed by atoms with Crippen LogP contribution >= 0.6 is 11.3 Å². The van der Waals surface area contributed by atoms with Crippen LogP contribution in [0.1, 0.15) is 42.3 Å². The average molecular weight is 375 g/mol. The van der Waals surface area contributed by atoms with Crippen LogP contribution in [0.25, 0.3) is 0 Å². The first-order valence-electron chi connectivity index (χ1n) is 9.59. The van der Waals surface area contributed by atoms with Gasteiger partial charge in [-0.2, -0.15) is 0 Å². The lowest BCUT2D eigenvalue weighted by Crippen LogP contribution is -2.39. The molecule has 0 aliphatic carbocycles. The number of likely N-dealkylation sites (tertiary alicyclic amines) is 1. The van der Waals surface area contributed by atoms with Crippen molar-refractivity contribution in [3.05, 3.63) is 40.6 Å². The number of aromatic nitrogens is 2. The van der Waals surface area contributed by atoms with E-state index in [2.05, 4.69) is 57.2 Å². The summed E-state index contributed by atoms with van der Waals surface area (Å²) in [5, 5.41) is 2.08. The van der Waals surface area contributed by atoms with Gasteiger partial charge in [0.15, 0.2) is 0 Å². The lowest BCUT2D eigenvalue weighted by Gasteiger charge is -2.33. The summed E-state index contributed by atoms with van der Waals surface area (Å²) < 4.78 is 2.29. The first-order chi connectivity index (χ1) is 12.6. The van der Waals surface area contributed by atoms with E-state index in [9.17, 15) is 4.79 Å². The molecule has 1 saturated heterocycles. The van der Waals surface area contributed by atoms with Crippen LogP contribution in [0.2, 0.25) is 0 Å². The van der Waals surface area contributed by atoms with Crippen LogP contribution in [-0.4, -0.2) is 59.0 Å². The van der Waals surface area contributed by atoms with Crippen molar-refractivity contribution >= 4 is 17.2 Å². The highest BCUT2D eigenvalue weighted by atomic mass is 32.1. The number of imidazole rings is 1.